The molecule has 1 aliphatic rings. The van der Waals surface area contributed by atoms with E-state index in [4.69, 9.17) is 5.11 Å². The lowest BCUT2D eigenvalue weighted by Gasteiger charge is -2.39. The summed E-state index contributed by atoms with van der Waals surface area (Å²) in [4.78, 5) is 26.1. The van der Waals surface area contributed by atoms with Crippen LogP contribution in [-0.4, -0.2) is 32.6 Å². The van der Waals surface area contributed by atoms with Crippen LogP contribution in [0.25, 0.3) is 10.4 Å². The highest BCUT2D eigenvalue weighted by molar-refractivity contribution is 7.09. The Bertz CT molecular complexity index is 1080. The molecule has 160 valence electrons. The number of benzene rings is 2. The van der Waals surface area contributed by atoms with E-state index in [0.717, 1.165) is 39.4 Å². The van der Waals surface area contributed by atoms with Gasteiger partial charge in [0.1, 0.15) is 0 Å². The van der Waals surface area contributed by atoms with Gasteiger partial charge in [-0.2, -0.15) is 0 Å². The first-order valence-corrected chi connectivity index (χ1v) is 11.0. The standard InChI is InChI=1S/C23H24N4O3S/c1-14-11-20(25-18-7-5-17(6-8-18)22-13-24-26-31-22)19-12-16(4-10-23(29)30)3-9-21(19)27(14)15(2)28/h3,5-9,12-14,20,25H,4,10-11H2,1-2H3,(H,29,30). The number of aryl methyl sites for hydroxylation is 1. The Morgan fingerprint density at radius 1 is 1.23 bits per heavy atom. The predicted octanol–water partition coefficient (Wildman–Crippen LogP) is 4.52. The molecule has 0 saturated heterocycles. The fraction of sp³-hybridized carbons (Fsp3) is 0.304. The van der Waals surface area contributed by atoms with Crippen LogP contribution in [0, 0.1) is 0 Å². The van der Waals surface area contributed by atoms with Crippen LogP contribution in [-0.2, 0) is 16.0 Å². The molecule has 0 saturated carbocycles. The summed E-state index contributed by atoms with van der Waals surface area (Å²) >= 11 is 1.36. The molecule has 2 heterocycles. The van der Waals surface area contributed by atoms with Gasteiger partial charge in [0.25, 0.3) is 0 Å². The lowest BCUT2D eigenvalue weighted by molar-refractivity contribution is -0.137. The summed E-state index contributed by atoms with van der Waals surface area (Å²) in [5, 5.41) is 16.5. The minimum absolute atomic E-state index is 0.00741. The molecule has 2 N–H and O–H groups in total. The zero-order valence-electron chi connectivity index (χ0n) is 17.4. The molecule has 8 heteroatoms. The molecule has 1 aromatic heterocycles. The van der Waals surface area contributed by atoms with Gasteiger partial charge in [-0.1, -0.05) is 28.8 Å². The topological polar surface area (TPSA) is 95.4 Å². The Balaban J connectivity index is 1.62. The number of nitrogens with one attached hydrogen (secondary N) is 1. The van der Waals surface area contributed by atoms with E-state index in [-0.39, 0.29) is 24.4 Å². The first-order chi connectivity index (χ1) is 14.9. The van der Waals surface area contributed by atoms with Crippen molar-refractivity contribution in [3.05, 3.63) is 59.8 Å². The maximum Gasteiger partial charge on any atom is 0.303 e. The molecular weight excluding hydrogens is 412 g/mol. The van der Waals surface area contributed by atoms with Gasteiger partial charge in [0, 0.05) is 30.8 Å². The number of aliphatic carboxylic acids is 1. The summed E-state index contributed by atoms with van der Waals surface area (Å²) in [7, 11) is 0. The molecule has 2 unspecified atom stereocenters. The van der Waals surface area contributed by atoms with Crippen LogP contribution >= 0.6 is 11.5 Å². The zero-order valence-corrected chi connectivity index (χ0v) is 18.2. The Kier molecular flexibility index (Phi) is 5.99. The highest BCUT2D eigenvalue weighted by Crippen LogP contribution is 2.40. The van der Waals surface area contributed by atoms with Crippen LogP contribution in [0.1, 0.15) is 43.9 Å². The van der Waals surface area contributed by atoms with Gasteiger partial charge >= 0.3 is 5.97 Å². The van der Waals surface area contributed by atoms with E-state index < -0.39 is 5.97 Å². The van der Waals surface area contributed by atoms with Crippen LogP contribution in [0.2, 0.25) is 0 Å². The monoisotopic (exact) mass is 436 g/mol. The van der Waals surface area contributed by atoms with E-state index in [2.05, 4.69) is 21.8 Å². The molecular formula is C23H24N4O3S. The smallest absolute Gasteiger partial charge is 0.303 e. The number of fused-ring (bicyclic) bond motifs is 1. The molecule has 4 rings (SSSR count). The molecule has 0 radical (unpaired) electrons. The second-order valence-electron chi connectivity index (χ2n) is 7.82. The molecule has 1 aliphatic heterocycles. The van der Waals surface area contributed by atoms with Crippen molar-refractivity contribution in [2.45, 2.75) is 45.2 Å². The highest BCUT2D eigenvalue weighted by atomic mass is 32.1. The second kappa shape index (κ2) is 8.85. The lowest BCUT2D eigenvalue weighted by Crippen LogP contribution is -2.43. The van der Waals surface area contributed by atoms with Crippen molar-refractivity contribution in [3.8, 4) is 10.4 Å². The summed E-state index contributed by atoms with van der Waals surface area (Å²) in [6, 6.07) is 14.1. The average molecular weight is 437 g/mol. The third kappa shape index (κ3) is 4.59. The number of aromatic nitrogens is 2. The number of nitrogens with zero attached hydrogens (tertiary/aromatic N) is 3. The normalized spacial score (nSPS) is 17.8. The van der Waals surface area contributed by atoms with Crippen LogP contribution < -0.4 is 10.2 Å². The largest absolute Gasteiger partial charge is 0.481 e. The van der Waals surface area contributed by atoms with Crippen LogP contribution in [0.15, 0.2) is 48.7 Å². The number of carboxylic acid groups (broad SMARTS) is 1. The van der Waals surface area contributed by atoms with E-state index in [0.29, 0.717) is 6.42 Å². The van der Waals surface area contributed by atoms with E-state index in [1.54, 1.807) is 13.1 Å². The Morgan fingerprint density at radius 2 is 2.00 bits per heavy atom. The number of carbonyl (C=O) groups excluding carboxylic acids is 1. The van der Waals surface area contributed by atoms with Gasteiger partial charge in [0.15, 0.2) is 0 Å². The molecule has 0 bridgehead atoms. The van der Waals surface area contributed by atoms with E-state index in [1.807, 2.05) is 47.4 Å². The second-order valence-corrected chi connectivity index (χ2v) is 8.60. The fourth-order valence-corrected chi connectivity index (χ4v) is 4.68. The fourth-order valence-electron chi connectivity index (χ4n) is 4.16. The number of anilines is 2. The molecule has 0 spiro atoms. The minimum Gasteiger partial charge on any atom is -0.481 e. The maximum atomic E-state index is 12.3. The van der Waals surface area contributed by atoms with E-state index in [9.17, 15) is 9.59 Å². The van der Waals surface area contributed by atoms with Gasteiger partial charge in [0.2, 0.25) is 5.91 Å². The zero-order chi connectivity index (χ0) is 22.0. The number of amides is 1. The van der Waals surface area contributed by atoms with Crippen molar-refractivity contribution in [1.29, 1.82) is 0 Å². The van der Waals surface area contributed by atoms with Gasteiger partial charge in [-0.15, -0.1) is 5.10 Å². The van der Waals surface area contributed by atoms with Crippen molar-refractivity contribution in [3.63, 3.8) is 0 Å². The van der Waals surface area contributed by atoms with Gasteiger partial charge in [-0.3, -0.25) is 9.59 Å². The van der Waals surface area contributed by atoms with Crippen molar-refractivity contribution in [2.24, 2.45) is 0 Å². The van der Waals surface area contributed by atoms with Gasteiger partial charge < -0.3 is 15.3 Å². The minimum atomic E-state index is -0.817. The first kappa shape index (κ1) is 21.0. The summed E-state index contributed by atoms with van der Waals surface area (Å²) in [6.45, 7) is 3.64. The van der Waals surface area contributed by atoms with Crippen molar-refractivity contribution in [2.75, 3.05) is 10.2 Å². The molecule has 0 aliphatic carbocycles. The predicted molar refractivity (Wildman–Crippen MR) is 121 cm³/mol. The quantitative estimate of drug-likeness (QED) is 0.590. The first-order valence-electron chi connectivity index (χ1n) is 10.2. The van der Waals surface area contributed by atoms with Gasteiger partial charge in [-0.25, -0.2) is 0 Å². The third-order valence-electron chi connectivity index (χ3n) is 5.58. The average Bonchev–Trinajstić information content (AvgIpc) is 3.27. The van der Waals surface area contributed by atoms with Gasteiger partial charge in [-0.05, 0) is 66.2 Å². The molecule has 0 fully saturated rings. The van der Waals surface area contributed by atoms with Crippen LogP contribution in [0.5, 0.6) is 0 Å². The van der Waals surface area contributed by atoms with Crippen molar-refractivity contribution < 1.29 is 14.7 Å². The molecule has 2 aromatic carbocycles. The maximum absolute atomic E-state index is 12.3. The Morgan fingerprint density at radius 3 is 2.65 bits per heavy atom. The van der Waals surface area contributed by atoms with Crippen LogP contribution in [0.4, 0.5) is 11.4 Å². The molecule has 1 amide bonds. The number of carbonyl (C=O) groups is 2. The summed E-state index contributed by atoms with van der Waals surface area (Å²) < 4.78 is 3.91. The summed E-state index contributed by atoms with van der Waals surface area (Å²) in [6.07, 6.45) is 3.05. The van der Waals surface area contributed by atoms with Crippen LogP contribution in [0.3, 0.4) is 0 Å². The van der Waals surface area contributed by atoms with E-state index in [1.165, 1.54) is 11.5 Å². The third-order valence-corrected chi connectivity index (χ3v) is 6.30. The van der Waals surface area contributed by atoms with Crippen molar-refractivity contribution in [1.82, 2.24) is 9.59 Å². The van der Waals surface area contributed by atoms with E-state index >= 15 is 0 Å². The number of hydrogen-bond acceptors (Lipinski definition) is 6. The molecule has 3 aromatic rings. The molecule has 7 nitrogen and oxygen atoms in total. The SMILES string of the molecule is CC(=O)N1c2ccc(CCC(=O)O)cc2C(Nc2ccc(-c3cnns3)cc2)CC1C. The highest BCUT2D eigenvalue weighted by Gasteiger charge is 2.32. The Labute approximate surface area is 184 Å². The summed E-state index contributed by atoms with van der Waals surface area (Å²) in [5.41, 5.74) is 4.91. The van der Waals surface area contributed by atoms with Crippen molar-refractivity contribution >= 4 is 34.8 Å². The number of hydrogen-bond donors (Lipinski definition) is 2. The molecule has 2 atom stereocenters. The number of carboxylic acids is 1. The van der Waals surface area contributed by atoms with Gasteiger partial charge in [0.05, 0.1) is 17.1 Å². The number of rotatable bonds is 6. The Hall–Kier alpha value is -3.26. The lowest BCUT2D eigenvalue weighted by atomic mass is 9.89. The molecule has 31 heavy (non-hydrogen) atoms. The summed E-state index contributed by atoms with van der Waals surface area (Å²) in [5.74, 6) is -0.810.